The summed E-state index contributed by atoms with van der Waals surface area (Å²) in [5.74, 6) is -0.642. The van der Waals surface area contributed by atoms with Crippen molar-refractivity contribution in [2.45, 2.75) is 31.3 Å². The van der Waals surface area contributed by atoms with Crippen molar-refractivity contribution in [3.05, 3.63) is 35.9 Å². The first-order chi connectivity index (χ1) is 11.4. The predicted octanol–water partition coefficient (Wildman–Crippen LogP) is 1.68. The lowest BCUT2D eigenvalue weighted by molar-refractivity contribution is -0.890. The third kappa shape index (κ3) is 4.35. The number of nitrogens with zero attached hydrogens (tertiary/aromatic N) is 1. The fraction of sp³-hybridized carbons (Fsp3) is 0.632. The van der Waals surface area contributed by atoms with Gasteiger partial charge in [0, 0.05) is 5.92 Å². The molecule has 1 unspecified atom stereocenters. The van der Waals surface area contributed by atoms with Crippen LogP contribution in [-0.2, 0) is 15.1 Å². The van der Waals surface area contributed by atoms with E-state index in [1.165, 1.54) is 0 Å². The SMILES string of the molecule is C[N+](C)(CCO)CCOC(=O)C(O)(c1ccccc1)C1CCCC1. The second-order valence-corrected chi connectivity index (χ2v) is 7.36. The summed E-state index contributed by atoms with van der Waals surface area (Å²) < 4.78 is 6.04. The Balaban J connectivity index is 2.08. The quantitative estimate of drug-likeness (QED) is 0.560. The van der Waals surface area contributed by atoms with Gasteiger partial charge in [0.2, 0.25) is 0 Å². The normalized spacial score (nSPS) is 18.3. The van der Waals surface area contributed by atoms with Crippen LogP contribution in [0.1, 0.15) is 31.2 Å². The van der Waals surface area contributed by atoms with Crippen molar-refractivity contribution in [2.24, 2.45) is 5.92 Å². The van der Waals surface area contributed by atoms with Gasteiger partial charge in [0.05, 0.1) is 20.7 Å². The van der Waals surface area contributed by atoms with Gasteiger partial charge < -0.3 is 19.4 Å². The van der Waals surface area contributed by atoms with Crippen molar-refractivity contribution >= 4 is 5.97 Å². The van der Waals surface area contributed by atoms with Gasteiger partial charge in [-0.25, -0.2) is 4.79 Å². The highest BCUT2D eigenvalue weighted by molar-refractivity contribution is 5.81. The molecular weight excluding hydrogens is 306 g/mol. The van der Waals surface area contributed by atoms with Crippen LogP contribution in [-0.4, -0.2) is 61.1 Å². The van der Waals surface area contributed by atoms with Crippen LogP contribution in [0.25, 0.3) is 0 Å². The van der Waals surface area contributed by atoms with E-state index in [1.54, 1.807) is 12.1 Å². The summed E-state index contributed by atoms with van der Waals surface area (Å²) >= 11 is 0. The largest absolute Gasteiger partial charge is 0.457 e. The Kier molecular flexibility index (Phi) is 6.38. The van der Waals surface area contributed by atoms with Gasteiger partial charge in [0.15, 0.2) is 5.60 Å². The third-order valence-corrected chi connectivity index (χ3v) is 5.11. The van der Waals surface area contributed by atoms with E-state index >= 15 is 0 Å². The summed E-state index contributed by atoms with van der Waals surface area (Å²) in [6.07, 6.45) is 3.75. The number of carbonyl (C=O) groups excluding carboxylic acids is 1. The van der Waals surface area contributed by atoms with E-state index in [4.69, 9.17) is 9.84 Å². The first kappa shape index (κ1) is 18.9. The number of aliphatic hydroxyl groups is 2. The number of likely N-dealkylation sites (N-methyl/N-ethyl adjacent to an activating group) is 1. The Morgan fingerprint density at radius 1 is 1.21 bits per heavy atom. The predicted molar refractivity (Wildman–Crippen MR) is 92.2 cm³/mol. The van der Waals surface area contributed by atoms with Crippen LogP contribution in [0.3, 0.4) is 0 Å². The summed E-state index contributed by atoms with van der Waals surface area (Å²) in [4.78, 5) is 12.8. The van der Waals surface area contributed by atoms with Crippen molar-refractivity contribution in [3.63, 3.8) is 0 Å². The molecule has 0 radical (unpaired) electrons. The van der Waals surface area contributed by atoms with E-state index in [-0.39, 0.29) is 19.1 Å². The van der Waals surface area contributed by atoms with Crippen LogP contribution in [0.15, 0.2) is 30.3 Å². The molecule has 1 aromatic carbocycles. The minimum Gasteiger partial charge on any atom is -0.457 e. The van der Waals surface area contributed by atoms with Crippen LogP contribution in [0.2, 0.25) is 0 Å². The molecule has 1 aromatic rings. The molecule has 2 N–H and O–H groups in total. The topological polar surface area (TPSA) is 66.8 Å². The first-order valence-electron chi connectivity index (χ1n) is 8.78. The molecule has 1 aliphatic carbocycles. The number of benzene rings is 1. The minimum atomic E-state index is -1.56. The standard InChI is InChI=1S/C19H30NO4/c1-20(2,12-14-21)13-15-24-18(22)19(23,17-10-6-7-11-17)16-8-4-3-5-9-16/h3-5,8-9,17,21,23H,6-7,10-15H2,1-2H3/q+1. The molecular formula is C19H30NO4+. The van der Waals surface area contributed by atoms with Crippen LogP contribution in [0.5, 0.6) is 0 Å². The van der Waals surface area contributed by atoms with Crippen LogP contribution in [0.4, 0.5) is 0 Å². The molecule has 134 valence electrons. The molecule has 0 heterocycles. The smallest absolute Gasteiger partial charge is 0.343 e. The number of hydrogen-bond acceptors (Lipinski definition) is 4. The monoisotopic (exact) mass is 336 g/mol. The summed E-state index contributed by atoms with van der Waals surface area (Å²) in [6.45, 7) is 1.52. The molecule has 0 spiro atoms. The Bertz CT molecular complexity index is 525. The number of aliphatic hydroxyl groups excluding tert-OH is 1. The van der Waals surface area contributed by atoms with Crippen molar-refractivity contribution in [3.8, 4) is 0 Å². The Morgan fingerprint density at radius 2 is 1.83 bits per heavy atom. The molecule has 24 heavy (non-hydrogen) atoms. The average Bonchev–Trinajstić information content (AvgIpc) is 3.09. The summed E-state index contributed by atoms with van der Waals surface area (Å²) in [5, 5.41) is 20.3. The highest BCUT2D eigenvalue weighted by Gasteiger charge is 2.47. The summed E-state index contributed by atoms with van der Waals surface area (Å²) in [6, 6.07) is 9.14. The molecule has 0 bridgehead atoms. The average molecular weight is 336 g/mol. The van der Waals surface area contributed by atoms with Gasteiger partial charge in [-0.2, -0.15) is 0 Å². The van der Waals surface area contributed by atoms with Gasteiger partial charge in [-0.3, -0.25) is 0 Å². The van der Waals surface area contributed by atoms with Crippen molar-refractivity contribution in [1.29, 1.82) is 0 Å². The third-order valence-electron chi connectivity index (χ3n) is 5.11. The van der Waals surface area contributed by atoms with E-state index in [2.05, 4.69) is 0 Å². The molecule has 2 rings (SSSR count). The molecule has 1 atom stereocenters. The molecule has 1 fully saturated rings. The van der Waals surface area contributed by atoms with Crippen LogP contribution in [0, 0.1) is 5.92 Å². The zero-order valence-electron chi connectivity index (χ0n) is 14.8. The van der Waals surface area contributed by atoms with Gasteiger partial charge in [0.25, 0.3) is 0 Å². The first-order valence-corrected chi connectivity index (χ1v) is 8.78. The lowest BCUT2D eigenvalue weighted by atomic mass is 9.80. The highest BCUT2D eigenvalue weighted by Crippen LogP contribution is 2.41. The molecule has 0 saturated heterocycles. The van der Waals surface area contributed by atoms with Gasteiger partial charge in [-0.15, -0.1) is 0 Å². The number of hydrogen-bond donors (Lipinski definition) is 2. The second kappa shape index (κ2) is 8.10. The number of carbonyl (C=O) groups is 1. The lowest BCUT2D eigenvalue weighted by Crippen LogP contribution is -2.47. The maximum atomic E-state index is 12.8. The second-order valence-electron chi connectivity index (χ2n) is 7.36. The van der Waals surface area contributed by atoms with Crippen molar-refractivity contribution in [2.75, 3.05) is 40.4 Å². The highest BCUT2D eigenvalue weighted by atomic mass is 16.5. The lowest BCUT2D eigenvalue weighted by Gasteiger charge is -2.33. The maximum Gasteiger partial charge on any atom is 0.343 e. The van der Waals surface area contributed by atoms with Crippen molar-refractivity contribution < 1.29 is 24.2 Å². The summed E-state index contributed by atoms with van der Waals surface area (Å²) in [7, 11) is 3.95. The Morgan fingerprint density at radius 3 is 2.42 bits per heavy atom. The minimum absolute atomic E-state index is 0.0904. The molecule has 5 nitrogen and oxygen atoms in total. The van der Waals surface area contributed by atoms with Crippen LogP contribution >= 0.6 is 0 Å². The van der Waals surface area contributed by atoms with Gasteiger partial charge in [0.1, 0.15) is 19.7 Å². The van der Waals surface area contributed by atoms with E-state index < -0.39 is 11.6 Å². The number of rotatable bonds is 8. The molecule has 1 saturated carbocycles. The van der Waals surface area contributed by atoms with E-state index in [9.17, 15) is 9.90 Å². The van der Waals surface area contributed by atoms with Gasteiger partial charge in [-0.05, 0) is 18.4 Å². The zero-order valence-corrected chi connectivity index (χ0v) is 14.8. The van der Waals surface area contributed by atoms with E-state index in [1.807, 2.05) is 32.3 Å². The fourth-order valence-electron chi connectivity index (χ4n) is 3.43. The molecule has 0 amide bonds. The molecule has 0 aliphatic heterocycles. The number of quaternary nitrogens is 1. The number of esters is 1. The van der Waals surface area contributed by atoms with Gasteiger partial charge >= 0.3 is 5.97 Å². The summed E-state index contributed by atoms with van der Waals surface area (Å²) in [5.41, 5.74) is -0.947. The molecule has 1 aliphatic rings. The van der Waals surface area contributed by atoms with E-state index in [0.717, 1.165) is 25.7 Å². The zero-order chi connectivity index (χ0) is 17.6. The molecule has 0 aromatic heterocycles. The van der Waals surface area contributed by atoms with Gasteiger partial charge in [-0.1, -0.05) is 43.2 Å². The van der Waals surface area contributed by atoms with Crippen molar-refractivity contribution in [1.82, 2.24) is 0 Å². The number of ether oxygens (including phenoxy) is 1. The fourth-order valence-corrected chi connectivity index (χ4v) is 3.43. The van der Waals surface area contributed by atoms with E-state index in [0.29, 0.717) is 23.1 Å². The Labute approximate surface area is 144 Å². The maximum absolute atomic E-state index is 12.8. The van der Waals surface area contributed by atoms with Crippen LogP contribution < -0.4 is 0 Å². The Hall–Kier alpha value is -1.43. The molecule has 5 heteroatoms.